The van der Waals surface area contributed by atoms with E-state index in [-0.39, 0.29) is 11.6 Å². The number of thiophene rings is 1. The number of anilines is 1. The summed E-state index contributed by atoms with van der Waals surface area (Å²) in [4.78, 5) is 23.9. The fraction of sp³-hybridized carbons (Fsp3) is 0.167. The van der Waals surface area contributed by atoms with Gasteiger partial charge in [-0.1, -0.05) is 6.07 Å². The van der Waals surface area contributed by atoms with Crippen LogP contribution < -0.4 is 9.75 Å². The Kier molecular flexibility index (Phi) is 4.77. The Morgan fingerprint density at radius 1 is 1.15 bits per heavy atom. The molecule has 0 radical (unpaired) electrons. The zero-order chi connectivity index (χ0) is 18.8. The van der Waals surface area contributed by atoms with Gasteiger partial charge in [-0.05, 0) is 35.7 Å². The first kappa shape index (κ1) is 17.7. The van der Waals surface area contributed by atoms with Gasteiger partial charge in [0.15, 0.2) is 0 Å². The molecular formula is C18H17N3O4S. The van der Waals surface area contributed by atoms with Crippen molar-refractivity contribution in [3.8, 4) is 5.75 Å². The molecule has 1 amide bonds. The minimum Gasteiger partial charge on any atom is -0.497 e. The first-order chi connectivity index (χ1) is 12.4. The molecule has 3 aromatic rings. The van der Waals surface area contributed by atoms with Crippen molar-refractivity contribution in [2.24, 2.45) is 0 Å². The Morgan fingerprint density at radius 2 is 1.92 bits per heavy atom. The smallest absolute Gasteiger partial charge is 0.282 e. The molecule has 0 fully saturated rings. The molecule has 0 saturated carbocycles. The van der Waals surface area contributed by atoms with Crippen LogP contribution in [0, 0.1) is 10.1 Å². The molecule has 0 N–H and O–H groups in total. The van der Waals surface area contributed by atoms with Crippen molar-refractivity contribution in [1.82, 2.24) is 5.01 Å². The summed E-state index contributed by atoms with van der Waals surface area (Å²) in [6.45, 7) is 0. The van der Waals surface area contributed by atoms with E-state index in [0.717, 1.165) is 15.8 Å². The highest BCUT2D eigenvalue weighted by Crippen LogP contribution is 2.30. The quantitative estimate of drug-likeness (QED) is 0.501. The number of nitro benzene ring substituents is 1. The second-order valence-electron chi connectivity index (χ2n) is 5.64. The molecule has 1 heterocycles. The molecule has 0 spiro atoms. The lowest BCUT2D eigenvalue weighted by atomic mass is 10.2. The molecule has 1 aromatic heterocycles. The fourth-order valence-electron chi connectivity index (χ4n) is 2.53. The SMILES string of the molecule is COc1ccc2sc(C(=O)N(C)N(C)c3cccc([N+](=O)[O-])c3)cc2c1. The number of fused-ring (bicyclic) bond motifs is 1. The second-order valence-corrected chi connectivity index (χ2v) is 6.73. The van der Waals surface area contributed by atoms with Crippen LogP contribution in [0.25, 0.3) is 10.1 Å². The van der Waals surface area contributed by atoms with Crippen molar-refractivity contribution in [1.29, 1.82) is 0 Å². The minimum absolute atomic E-state index is 0.0239. The topological polar surface area (TPSA) is 75.9 Å². The number of amides is 1. The van der Waals surface area contributed by atoms with Crippen LogP contribution in [0.2, 0.25) is 0 Å². The number of hydrogen-bond donors (Lipinski definition) is 0. The van der Waals surface area contributed by atoms with E-state index < -0.39 is 4.92 Å². The number of carbonyl (C=O) groups excluding carboxylic acids is 1. The Morgan fingerprint density at radius 3 is 2.62 bits per heavy atom. The lowest BCUT2D eigenvalue weighted by Crippen LogP contribution is -2.41. The van der Waals surface area contributed by atoms with Crippen LogP contribution in [-0.4, -0.2) is 37.0 Å². The summed E-state index contributed by atoms with van der Waals surface area (Å²) in [5, 5.41) is 14.9. The highest BCUT2D eigenvalue weighted by Gasteiger charge is 2.20. The van der Waals surface area contributed by atoms with E-state index in [0.29, 0.717) is 10.6 Å². The summed E-state index contributed by atoms with van der Waals surface area (Å²) in [5.74, 6) is 0.538. The van der Waals surface area contributed by atoms with Gasteiger partial charge in [-0.2, -0.15) is 0 Å². The zero-order valence-corrected chi connectivity index (χ0v) is 15.3. The van der Waals surface area contributed by atoms with Crippen molar-refractivity contribution >= 4 is 38.7 Å². The maximum atomic E-state index is 12.8. The van der Waals surface area contributed by atoms with Crippen molar-refractivity contribution in [3.63, 3.8) is 0 Å². The highest BCUT2D eigenvalue weighted by atomic mass is 32.1. The van der Waals surface area contributed by atoms with Crippen LogP contribution in [0.5, 0.6) is 5.75 Å². The van der Waals surface area contributed by atoms with Gasteiger partial charge >= 0.3 is 0 Å². The van der Waals surface area contributed by atoms with Crippen LogP contribution in [0.4, 0.5) is 11.4 Å². The summed E-state index contributed by atoms with van der Waals surface area (Å²) >= 11 is 1.39. The molecular weight excluding hydrogens is 354 g/mol. The average molecular weight is 371 g/mol. The van der Waals surface area contributed by atoms with Gasteiger partial charge in [0.2, 0.25) is 0 Å². The third-order valence-corrected chi connectivity index (χ3v) is 5.20. The van der Waals surface area contributed by atoms with E-state index in [1.165, 1.54) is 28.5 Å². The molecule has 7 nitrogen and oxygen atoms in total. The third-order valence-electron chi connectivity index (χ3n) is 4.09. The van der Waals surface area contributed by atoms with Crippen molar-refractivity contribution in [3.05, 3.63) is 63.5 Å². The van der Waals surface area contributed by atoms with Crippen LogP contribution >= 0.6 is 11.3 Å². The summed E-state index contributed by atoms with van der Waals surface area (Å²) in [5.41, 5.74) is 0.530. The molecule has 134 valence electrons. The molecule has 0 atom stereocenters. The molecule has 0 bridgehead atoms. The Bertz CT molecular complexity index is 985. The Labute approximate surface area is 154 Å². The van der Waals surface area contributed by atoms with Gasteiger partial charge < -0.3 is 4.74 Å². The molecule has 3 rings (SSSR count). The highest BCUT2D eigenvalue weighted by molar-refractivity contribution is 7.20. The number of carbonyl (C=O) groups is 1. The molecule has 26 heavy (non-hydrogen) atoms. The lowest BCUT2D eigenvalue weighted by Gasteiger charge is -2.29. The van der Waals surface area contributed by atoms with Gasteiger partial charge in [-0.25, -0.2) is 0 Å². The van der Waals surface area contributed by atoms with E-state index in [9.17, 15) is 14.9 Å². The normalized spacial score (nSPS) is 10.6. The number of rotatable bonds is 5. The molecule has 0 aliphatic heterocycles. The number of benzene rings is 2. The number of nitro groups is 1. The van der Waals surface area contributed by atoms with Gasteiger partial charge in [0.25, 0.3) is 11.6 Å². The number of hydrazine groups is 1. The van der Waals surface area contributed by atoms with Crippen molar-refractivity contribution in [2.45, 2.75) is 0 Å². The molecule has 8 heteroatoms. The third kappa shape index (κ3) is 3.31. The van der Waals surface area contributed by atoms with Gasteiger partial charge in [-0.15, -0.1) is 11.3 Å². The van der Waals surface area contributed by atoms with Gasteiger partial charge in [0.05, 0.1) is 22.6 Å². The van der Waals surface area contributed by atoms with Crippen molar-refractivity contribution in [2.75, 3.05) is 26.2 Å². The lowest BCUT2D eigenvalue weighted by molar-refractivity contribution is -0.384. The number of methoxy groups -OCH3 is 1. The maximum Gasteiger partial charge on any atom is 0.282 e. The van der Waals surface area contributed by atoms with Gasteiger partial charge in [0.1, 0.15) is 5.75 Å². The van der Waals surface area contributed by atoms with Crippen LogP contribution in [0.15, 0.2) is 48.5 Å². The Hall–Kier alpha value is -3.13. The first-order valence-electron chi connectivity index (χ1n) is 7.74. The second kappa shape index (κ2) is 7.01. The fourth-order valence-corrected chi connectivity index (χ4v) is 3.54. The summed E-state index contributed by atoms with van der Waals surface area (Å²) < 4.78 is 6.20. The van der Waals surface area contributed by atoms with E-state index in [4.69, 9.17) is 4.74 Å². The van der Waals surface area contributed by atoms with Crippen molar-refractivity contribution < 1.29 is 14.5 Å². The largest absolute Gasteiger partial charge is 0.497 e. The minimum atomic E-state index is -0.460. The summed E-state index contributed by atoms with van der Waals surface area (Å²) in [6, 6.07) is 13.6. The number of non-ortho nitro benzene ring substituents is 1. The van der Waals surface area contributed by atoms with Crippen LogP contribution in [0.3, 0.4) is 0 Å². The summed E-state index contributed by atoms with van der Waals surface area (Å²) in [7, 11) is 4.92. The monoisotopic (exact) mass is 371 g/mol. The zero-order valence-electron chi connectivity index (χ0n) is 14.5. The standard InChI is InChI=1S/C18H17N3O4S/c1-19(13-5-4-6-14(11-13)21(23)24)20(2)18(22)17-10-12-9-15(25-3)7-8-16(12)26-17/h4-11H,1-3H3. The Balaban J connectivity index is 1.87. The molecule has 0 unspecified atom stereocenters. The van der Waals surface area contributed by atoms with Crippen LogP contribution in [0.1, 0.15) is 9.67 Å². The number of hydrogen-bond acceptors (Lipinski definition) is 6. The van der Waals surface area contributed by atoms with E-state index in [2.05, 4.69) is 0 Å². The number of ether oxygens (including phenoxy) is 1. The summed E-state index contributed by atoms with van der Waals surface area (Å²) in [6.07, 6.45) is 0. The predicted octanol–water partition coefficient (Wildman–Crippen LogP) is 3.94. The molecule has 2 aromatic carbocycles. The number of nitrogens with zero attached hydrogens (tertiary/aromatic N) is 3. The molecule has 0 aliphatic carbocycles. The first-order valence-corrected chi connectivity index (χ1v) is 8.56. The van der Waals surface area contributed by atoms with Crippen LogP contribution in [-0.2, 0) is 0 Å². The average Bonchev–Trinajstić information content (AvgIpc) is 3.09. The molecule has 0 saturated heterocycles. The van der Waals surface area contributed by atoms with E-state index in [1.807, 2.05) is 24.3 Å². The predicted molar refractivity (Wildman–Crippen MR) is 102 cm³/mol. The van der Waals surface area contributed by atoms with E-state index >= 15 is 0 Å². The van der Waals surface area contributed by atoms with E-state index in [1.54, 1.807) is 38.3 Å². The van der Waals surface area contributed by atoms with Gasteiger partial charge in [0, 0.05) is 30.9 Å². The maximum absolute atomic E-state index is 12.8. The van der Waals surface area contributed by atoms with Gasteiger partial charge in [-0.3, -0.25) is 24.9 Å². The molecule has 0 aliphatic rings.